The number of hydrogen-bond acceptors (Lipinski definition) is 7. The topological polar surface area (TPSA) is 103 Å². The maximum Gasteiger partial charge on any atom is 0.339 e. The van der Waals surface area contributed by atoms with Crippen molar-refractivity contribution in [2.75, 3.05) is 25.6 Å². The molecular weight excluding hydrogens is 386 g/mol. The van der Waals surface area contributed by atoms with E-state index in [0.717, 1.165) is 12.1 Å². The molecule has 0 saturated carbocycles. The predicted molar refractivity (Wildman–Crippen MR) is 111 cm³/mol. The van der Waals surface area contributed by atoms with Gasteiger partial charge in [0, 0.05) is 29.9 Å². The molecule has 0 amide bonds. The van der Waals surface area contributed by atoms with Crippen LogP contribution in [-0.4, -0.2) is 47.5 Å². The molecule has 1 aliphatic heterocycles. The van der Waals surface area contributed by atoms with Crippen LogP contribution >= 0.6 is 0 Å². The van der Waals surface area contributed by atoms with Crippen LogP contribution in [0.2, 0.25) is 0 Å². The van der Waals surface area contributed by atoms with Gasteiger partial charge in [0.2, 0.25) is 5.95 Å². The van der Waals surface area contributed by atoms with E-state index < -0.39 is 5.97 Å². The number of rotatable bonds is 7. The summed E-state index contributed by atoms with van der Waals surface area (Å²) in [7, 11) is 1.60. The zero-order valence-corrected chi connectivity index (χ0v) is 16.4. The fourth-order valence-electron chi connectivity index (χ4n) is 3.15. The molecule has 4 rings (SSSR count). The fraction of sp³-hybridized carbons (Fsp3) is 0.227. The SMILES string of the molecule is COc1cccc(Nc2nccc(-c3ccc(O[C@@H]4CCOC4)c(C(=O)O)c3)n2)c1. The Morgan fingerprint density at radius 1 is 1.23 bits per heavy atom. The van der Waals surface area contributed by atoms with Gasteiger partial charge in [-0.05, 0) is 36.4 Å². The lowest BCUT2D eigenvalue weighted by Gasteiger charge is -2.15. The highest BCUT2D eigenvalue weighted by atomic mass is 16.5. The van der Waals surface area contributed by atoms with Crippen molar-refractivity contribution in [3.63, 3.8) is 0 Å². The average Bonchev–Trinajstić information content (AvgIpc) is 3.27. The molecule has 2 heterocycles. The summed E-state index contributed by atoms with van der Waals surface area (Å²) >= 11 is 0. The van der Waals surface area contributed by atoms with Gasteiger partial charge in [0.1, 0.15) is 23.2 Å². The average molecular weight is 407 g/mol. The first-order valence-corrected chi connectivity index (χ1v) is 9.48. The summed E-state index contributed by atoms with van der Waals surface area (Å²) in [6.45, 7) is 1.08. The van der Waals surface area contributed by atoms with Crippen LogP contribution in [0.4, 0.5) is 11.6 Å². The first-order chi connectivity index (χ1) is 14.6. The lowest BCUT2D eigenvalue weighted by molar-refractivity contribution is 0.0687. The Labute approximate surface area is 173 Å². The zero-order chi connectivity index (χ0) is 20.9. The highest BCUT2D eigenvalue weighted by Gasteiger charge is 2.21. The van der Waals surface area contributed by atoms with Gasteiger partial charge in [-0.2, -0.15) is 0 Å². The third-order valence-corrected chi connectivity index (χ3v) is 4.67. The van der Waals surface area contributed by atoms with Gasteiger partial charge in [-0.1, -0.05) is 6.07 Å². The Morgan fingerprint density at radius 2 is 2.13 bits per heavy atom. The van der Waals surface area contributed by atoms with Gasteiger partial charge >= 0.3 is 5.97 Å². The maximum absolute atomic E-state index is 11.8. The Balaban J connectivity index is 1.59. The molecule has 1 atom stereocenters. The molecule has 154 valence electrons. The van der Waals surface area contributed by atoms with E-state index in [4.69, 9.17) is 14.2 Å². The van der Waals surface area contributed by atoms with Crippen LogP contribution in [0, 0.1) is 0 Å². The minimum absolute atomic E-state index is 0.0836. The van der Waals surface area contributed by atoms with Crippen molar-refractivity contribution < 1.29 is 24.1 Å². The van der Waals surface area contributed by atoms with Crippen LogP contribution in [0.15, 0.2) is 54.7 Å². The molecule has 1 aromatic heterocycles. The largest absolute Gasteiger partial charge is 0.497 e. The lowest BCUT2D eigenvalue weighted by Crippen LogP contribution is -2.17. The standard InChI is InChI=1S/C22H21N3O5/c1-28-16-4-2-3-15(12-16)24-22-23-9-7-19(25-22)14-5-6-20(18(11-14)21(26)27)30-17-8-10-29-13-17/h2-7,9,11-12,17H,8,10,13H2,1H3,(H,26,27)(H,23,24,25)/t17-/m1/s1. The number of hydrogen-bond donors (Lipinski definition) is 2. The van der Waals surface area contributed by atoms with Crippen molar-refractivity contribution in [1.82, 2.24) is 9.97 Å². The molecule has 0 bridgehead atoms. The van der Waals surface area contributed by atoms with Crippen LogP contribution in [0.1, 0.15) is 16.8 Å². The number of aromatic carboxylic acids is 1. The van der Waals surface area contributed by atoms with Gasteiger partial charge in [0.15, 0.2) is 0 Å². The van der Waals surface area contributed by atoms with E-state index in [9.17, 15) is 9.90 Å². The first-order valence-electron chi connectivity index (χ1n) is 9.48. The van der Waals surface area contributed by atoms with Crippen molar-refractivity contribution in [3.8, 4) is 22.8 Å². The number of anilines is 2. The van der Waals surface area contributed by atoms with Crippen LogP contribution in [0.3, 0.4) is 0 Å². The zero-order valence-electron chi connectivity index (χ0n) is 16.4. The Bertz CT molecular complexity index is 1050. The van der Waals surface area contributed by atoms with Crippen molar-refractivity contribution in [2.24, 2.45) is 0 Å². The molecule has 30 heavy (non-hydrogen) atoms. The number of ether oxygens (including phenoxy) is 3. The quantitative estimate of drug-likeness (QED) is 0.610. The van der Waals surface area contributed by atoms with E-state index in [-0.39, 0.29) is 11.7 Å². The van der Waals surface area contributed by atoms with Gasteiger partial charge in [0.25, 0.3) is 0 Å². The van der Waals surface area contributed by atoms with E-state index >= 15 is 0 Å². The second-order valence-electron chi connectivity index (χ2n) is 6.74. The molecule has 2 aromatic carbocycles. The van der Waals surface area contributed by atoms with Crippen LogP contribution in [0.5, 0.6) is 11.5 Å². The minimum Gasteiger partial charge on any atom is -0.497 e. The molecule has 3 aromatic rings. The molecule has 2 N–H and O–H groups in total. The summed E-state index contributed by atoms with van der Waals surface area (Å²) in [6, 6.07) is 14.1. The molecule has 8 heteroatoms. The summed E-state index contributed by atoms with van der Waals surface area (Å²) in [6.07, 6.45) is 2.23. The molecular formula is C22H21N3O5. The van der Waals surface area contributed by atoms with Gasteiger partial charge < -0.3 is 24.6 Å². The normalized spacial score (nSPS) is 15.6. The third kappa shape index (κ3) is 4.49. The summed E-state index contributed by atoms with van der Waals surface area (Å²) in [5.74, 6) is 0.367. The molecule has 0 spiro atoms. The van der Waals surface area contributed by atoms with Crippen LogP contribution in [0.25, 0.3) is 11.3 Å². The molecule has 1 fully saturated rings. The number of benzene rings is 2. The van der Waals surface area contributed by atoms with Gasteiger partial charge in [-0.15, -0.1) is 0 Å². The van der Waals surface area contributed by atoms with Crippen molar-refractivity contribution in [1.29, 1.82) is 0 Å². The number of nitrogens with zero attached hydrogens (tertiary/aromatic N) is 2. The second kappa shape index (κ2) is 8.79. The molecule has 0 unspecified atom stereocenters. The highest BCUT2D eigenvalue weighted by molar-refractivity contribution is 5.92. The monoisotopic (exact) mass is 407 g/mol. The molecule has 0 radical (unpaired) electrons. The molecule has 1 saturated heterocycles. The number of carbonyl (C=O) groups is 1. The Morgan fingerprint density at radius 3 is 2.90 bits per heavy atom. The van der Waals surface area contributed by atoms with Crippen molar-refractivity contribution >= 4 is 17.6 Å². The summed E-state index contributed by atoms with van der Waals surface area (Å²) in [4.78, 5) is 20.5. The van der Waals surface area contributed by atoms with Crippen LogP contribution < -0.4 is 14.8 Å². The van der Waals surface area contributed by atoms with Crippen molar-refractivity contribution in [3.05, 3.63) is 60.3 Å². The summed E-state index contributed by atoms with van der Waals surface area (Å²) in [5, 5.41) is 12.8. The number of carboxylic acid groups (broad SMARTS) is 1. The summed E-state index contributed by atoms with van der Waals surface area (Å²) < 4.78 is 16.3. The Hall–Kier alpha value is -3.65. The van der Waals surface area contributed by atoms with E-state index in [1.807, 2.05) is 24.3 Å². The Kier molecular flexibility index (Phi) is 5.76. The highest BCUT2D eigenvalue weighted by Crippen LogP contribution is 2.28. The smallest absolute Gasteiger partial charge is 0.339 e. The van der Waals surface area contributed by atoms with Crippen molar-refractivity contribution in [2.45, 2.75) is 12.5 Å². The van der Waals surface area contributed by atoms with E-state index in [2.05, 4.69) is 15.3 Å². The van der Waals surface area contributed by atoms with Gasteiger partial charge in [0.05, 0.1) is 26.0 Å². The number of aromatic nitrogens is 2. The lowest BCUT2D eigenvalue weighted by atomic mass is 10.1. The molecule has 8 nitrogen and oxygen atoms in total. The fourth-order valence-corrected chi connectivity index (χ4v) is 3.15. The van der Waals surface area contributed by atoms with E-state index in [0.29, 0.717) is 41.9 Å². The number of methoxy groups -OCH3 is 1. The molecule has 1 aliphatic rings. The maximum atomic E-state index is 11.8. The predicted octanol–water partition coefficient (Wildman–Crippen LogP) is 3.76. The number of carboxylic acids is 1. The van der Waals surface area contributed by atoms with Gasteiger partial charge in [-0.3, -0.25) is 0 Å². The third-order valence-electron chi connectivity index (χ3n) is 4.67. The second-order valence-corrected chi connectivity index (χ2v) is 6.74. The molecule has 0 aliphatic carbocycles. The minimum atomic E-state index is -1.06. The van der Waals surface area contributed by atoms with Crippen LogP contribution in [-0.2, 0) is 4.74 Å². The van der Waals surface area contributed by atoms with E-state index in [1.165, 1.54) is 0 Å². The first kappa shape index (κ1) is 19.7. The van der Waals surface area contributed by atoms with E-state index in [1.54, 1.807) is 37.6 Å². The number of nitrogens with one attached hydrogen (secondary N) is 1. The summed E-state index contributed by atoms with van der Waals surface area (Å²) in [5.41, 5.74) is 2.10. The van der Waals surface area contributed by atoms with Gasteiger partial charge in [-0.25, -0.2) is 14.8 Å².